The van der Waals surface area contributed by atoms with E-state index in [1.165, 1.54) is 6.20 Å². The van der Waals surface area contributed by atoms with Crippen molar-refractivity contribution in [1.29, 1.82) is 0 Å². The number of hydrogen-bond donors (Lipinski definition) is 0. The van der Waals surface area contributed by atoms with Crippen molar-refractivity contribution < 1.29 is 14.3 Å². The van der Waals surface area contributed by atoms with Gasteiger partial charge in [-0.1, -0.05) is 0 Å². The van der Waals surface area contributed by atoms with Crippen LogP contribution in [0.5, 0.6) is 0 Å². The van der Waals surface area contributed by atoms with Crippen LogP contribution < -0.4 is 4.90 Å². The van der Waals surface area contributed by atoms with Crippen molar-refractivity contribution in [2.24, 2.45) is 0 Å². The number of carbonyl (C=O) groups is 1. The molecule has 3 heterocycles. The number of anilines is 1. The minimum atomic E-state index is -0.394. The highest BCUT2D eigenvalue weighted by molar-refractivity contribution is 5.95. The minimum absolute atomic E-state index is 0.333. The first-order chi connectivity index (χ1) is 9.79. The molecule has 7 nitrogen and oxygen atoms in total. The lowest BCUT2D eigenvalue weighted by Gasteiger charge is -2.27. The molecule has 7 heteroatoms. The first-order valence-electron chi connectivity index (χ1n) is 6.64. The number of rotatable bonds is 3. The summed E-state index contributed by atoms with van der Waals surface area (Å²) in [6.45, 7) is 5.08. The lowest BCUT2D eigenvalue weighted by molar-refractivity contribution is 0.0528. The summed E-state index contributed by atoms with van der Waals surface area (Å²) in [7, 11) is 0. The molecule has 0 saturated carbocycles. The molecular weight excluding hydrogens is 260 g/mol. The van der Waals surface area contributed by atoms with Crippen LogP contribution >= 0.6 is 0 Å². The van der Waals surface area contributed by atoms with Gasteiger partial charge in [-0.05, 0) is 13.0 Å². The summed E-state index contributed by atoms with van der Waals surface area (Å²) in [5, 5.41) is 4.12. The van der Waals surface area contributed by atoms with Gasteiger partial charge in [0.05, 0.1) is 26.0 Å². The quantitative estimate of drug-likeness (QED) is 0.770. The molecule has 0 aromatic carbocycles. The van der Waals surface area contributed by atoms with Crippen molar-refractivity contribution in [2.75, 3.05) is 37.8 Å². The van der Waals surface area contributed by atoms with Crippen LogP contribution in [0.25, 0.3) is 5.65 Å². The normalized spacial score (nSPS) is 15.6. The zero-order chi connectivity index (χ0) is 13.9. The predicted molar refractivity (Wildman–Crippen MR) is 72.0 cm³/mol. The van der Waals surface area contributed by atoms with Gasteiger partial charge in [-0.2, -0.15) is 5.10 Å². The van der Waals surface area contributed by atoms with E-state index >= 15 is 0 Å². The molecule has 0 spiro atoms. The van der Waals surface area contributed by atoms with Crippen LogP contribution in [0.2, 0.25) is 0 Å². The fourth-order valence-corrected chi connectivity index (χ4v) is 2.18. The maximum atomic E-state index is 11.9. The molecule has 0 amide bonds. The lowest BCUT2D eigenvalue weighted by Crippen LogP contribution is -2.36. The van der Waals surface area contributed by atoms with Crippen LogP contribution in [0.15, 0.2) is 18.5 Å². The van der Waals surface area contributed by atoms with E-state index in [9.17, 15) is 4.79 Å². The molecule has 0 bridgehead atoms. The number of hydrogen-bond acceptors (Lipinski definition) is 6. The molecule has 0 atom stereocenters. The van der Waals surface area contributed by atoms with Gasteiger partial charge in [-0.15, -0.1) is 0 Å². The Kier molecular flexibility index (Phi) is 3.51. The fraction of sp³-hybridized carbons (Fsp3) is 0.462. The summed E-state index contributed by atoms with van der Waals surface area (Å²) in [6, 6.07) is 1.89. The van der Waals surface area contributed by atoms with Gasteiger partial charge in [0.1, 0.15) is 11.4 Å². The maximum Gasteiger partial charge on any atom is 0.343 e. The highest BCUT2D eigenvalue weighted by atomic mass is 16.5. The van der Waals surface area contributed by atoms with E-state index < -0.39 is 5.97 Å². The minimum Gasteiger partial charge on any atom is -0.462 e. The van der Waals surface area contributed by atoms with Crippen LogP contribution in [0.4, 0.5) is 5.82 Å². The van der Waals surface area contributed by atoms with E-state index in [-0.39, 0.29) is 0 Å². The summed E-state index contributed by atoms with van der Waals surface area (Å²) < 4.78 is 11.9. The number of carbonyl (C=O) groups excluding carboxylic acids is 1. The topological polar surface area (TPSA) is 69.0 Å². The molecule has 3 rings (SSSR count). The molecule has 106 valence electrons. The lowest BCUT2D eigenvalue weighted by atomic mass is 10.3. The van der Waals surface area contributed by atoms with Gasteiger partial charge in [0, 0.05) is 19.3 Å². The van der Waals surface area contributed by atoms with Crippen molar-refractivity contribution in [2.45, 2.75) is 6.92 Å². The second kappa shape index (κ2) is 5.46. The molecule has 0 N–H and O–H groups in total. The third-order valence-electron chi connectivity index (χ3n) is 3.18. The van der Waals surface area contributed by atoms with Gasteiger partial charge in [-0.25, -0.2) is 14.3 Å². The van der Waals surface area contributed by atoms with Crippen molar-refractivity contribution in [3.63, 3.8) is 0 Å². The zero-order valence-corrected chi connectivity index (χ0v) is 11.3. The molecule has 1 aliphatic rings. The molecule has 20 heavy (non-hydrogen) atoms. The molecule has 1 fully saturated rings. The molecule has 1 saturated heterocycles. The van der Waals surface area contributed by atoms with Crippen LogP contribution in [0.3, 0.4) is 0 Å². The van der Waals surface area contributed by atoms with Crippen LogP contribution in [0, 0.1) is 0 Å². The van der Waals surface area contributed by atoms with Crippen molar-refractivity contribution in [1.82, 2.24) is 14.6 Å². The number of fused-ring (bicyclic) bond motifs is 1. The average Bonchev–Trinajstić information content (AvgIpc) is 2.91. The smallest absolute Gasteiger partial charge is 0.343 e. The van der Waals surface area contributed by atoms with Gasteiger partial charge >= 0.3 is 5.97 Å². The number of nitrogens with zero attached hydrogens (tertiary/aromatic N) is 4. The van der Waals surface area contributed by atoms with Gasteiger partial charge in [0.15, 0.2) is 5.65 Å². The standard InChI is InChI=1S/C13H16N4O3/c1-2-20-13(18)10-9-14-17-4-3-11(15-12(10)17)16-5-7-19-8-6-16/h3-4,9H,2,5-8H2,1H3. The van der Waals surface area contributed by atoms with E-state index in [2.05, 4.69) is 15.0 Å². The maximum absolute atomic E-state index is 11.9. The van der Waals surface area contributed by atoms with Crippen molar-refractivity contribution >= 4 is 17.4 Å². The number of aromatic nitrogens is 3. The zero-order valence-electron chi connectivity index (χ0n) is 11.3. The first kappa shape index (κ1) is 12.9. The van der Waals surface area contributed by atoms with E-state index in [1.54, 1.807) is 17.6 Å². The fourth-order valence-electron chi connectivity index (χ4n) is 2.18. The number of esters is 1. The van der Waals surface area contributed by atoms with Crippen molar-refractivity contribution in [3.8, 4) is 0 Å². The number of morpholine rings is 1. The molecule has 0 unspecified atom stereocenters. The third-order valence-corrected chi connectivity index (χ3v) is 3.18. The largest absolute Gasteiger partial charge is 0.462 e. The Morgan fingerprint density at radius 2 is 2.25 bits per heavy atom. The molecule has 0 radical (unpaired) electrons. The first-order valence-corrected chi connectivity index (χ1v) is 6.64. The Morgan fingerprint density at radius 1 is 1.45 bits per heavy atom. The van der Waals surface area contributed by atoms with Crippen LogP contribution in [-0.4, -0.2) is 53.5 Å². The van der Waals surface area contributed by atoms with Crippen molar-refractivity contribution in [3.05, 3.63) is 24.0 Å². The third kappa shape index (κ3) is 2.32. The number of ether oxygens (including phenoxy) is 2. The monoisotopic (exact) mass is 276 g/mol. The Hall–Kier alpha value is -2.15. The summed E-state index contributed by atoms with van der Waals surface area (Å²) in [4.78, 5) is 18.5. The van der Waals surface area contributed by atoms with E-state index in [4.69, 9.17) is 9.47 Å². The highest BCUT2D eigenvalue weighted by Gasteiger charge is 2.18. The van der Waals surface area contributed by atoms with Crippen LogP contribution in [-0.2, 0) is 9.47 Å². The van der Waals surface area contributed by atoms with Gasteiger partial charge in [0.25, 0.3) is 0 Å². The molecular formula is C13H16N4O3. The molecule has 2 aromatic rings. The van der Waals surface area contributed by atoms with Crippen LogP contribution in [0.1, 0.15) is 17.3 Å². The predicted octanol–water partition coefficient (Wildman–Crippen LogP) is 0.743. The van der Waals surface area contributed by atoms with Gasteiger partial charge in [-0.3, -0.25) is 0 Å². The van der Waals surface area contributed by atoms with Gasteiger partial charge < -0.3 is 14.4 Å². The second-order valence-corrected chi connectivity index (χ2v) is 4.43. The second-order valence-electron chi connectivity index (χ2n) is 4.43. The Bertz CT molecular complexity index is 619. The van der Waals surface area contributed by atoms with E-state index in [1.807, 2.05) is 6.07 Å². The summed E-state index contributed by atoms with van der Waals surface area (Å²) in [5.74, 6) is 0.431. The van der Waals surface area contributed by atoms with E-state index in [0.29, 0.717) is 31.0 Å². The molecule has 1 aliphatic heterocycles. The molecule has 0 aliphatic carbocycles. The Morgan fingerprint density at radius 3 is 3.00 bits per heavy atom. The summed E-state index contributed by atoms with van der Waals surface area (Å²) in [5.41, 5.74) is 0.911. The molecule has 2 aromatic heterocycles. The Labute approximate surface area is 116 Å². The highest BCUT2D eigenvalue weighted by Crippen LogP contribution is 2.16. The summed E-state index contributed by atoms with van der Waals surface area (Å²) in [6.07, 6.45) is 3.29. The van der Waals surface area contributed by atoms with Gasteiger partial charge in [0.2, 0.25) is 0 Å². The summed E-state index contributed by atoms with van der Waals surface area (Å²) >= 11 is 0. The van der Waals surface area contributed by atoms with E-state index in [0.717, 1.165) is 18.9 Å². The SMILES string of the molecule is CCOC(=O)c1cnn2ccc(N3CCOCC3)nc12. The average molecular weight is 276 g/mol. The Balaban J connectivity index is 1.96.